The summed E-state index contributed by atoms with van der Waals surface area (Å²) in [7, 11) is 0. The van der Waals surface area contributed by atoms with Crippen molar-refractivity contribution >= 4 is 0 Å². The van der Waals surface area contributed by atoms with Crippen molar-refractivity contribution in [1.29, 1.82) is 0 Å². The monoisotopic (exact) mass is 179 g/mol. The Morgan fingerprint density at radius 3 is 3.08 bits per heavy atom. The fraction of sp³-hybridized carbons (Fsp3) is 0.455. The molecule has 0 aliphatic carbocycles. The van der Waals surface area contributed by atoms with Crippen LogP contribution in [0.15, 0.2) is 24.3 Å². The first-order chi connectivity index (χ1) is 6.34. The lowest BCUT2D eigenvalue weighted by Gasteiger charge is -2.09. The average Bonchev–Trinajstić information content (AvgIpc) is 2.57. The molecule has 2 rings (SSSR count). The molecule has 1 N–H and O–H groups in total. The van der Waals surface area contributed by atoms with Gasteiger partial charge < -0.3 is 5.32 Å². The van der Waals surface area contributed by atoms with Gasteiger partial charge in [0, 0.05) is 6.04 Å². The molecule has 70 valence electrons. The van der Waals surface area contributed by atoms with Crippen LogP contribution in [0.2, 0.25) is 0 Å². The average molecular weight is 179 g/mol. The third-order valence-corrected chi connectivity index (χ3v) is 2.53. The normalized spacial score (nSPS) is 22.1. The molecule has 1 aliphatic heterocycles. The molecule has 0 radical (unpaired) electrons. The Morgan fingerprint density at radius 2 is 2.38 bits per heavy atom. The van der Waals surface area contributed by atoms with E-state index in [-0.39, 0.29) is 5.82 Å². The topological polar surface area (TPSA) is 12.0 Å². The molecule has 2 heteroatoms. The van der Waals surface area contributed by atoms with Crippen molar-refractivity contribution in [2.24, 2.45) is 0 Å². The highest BCUT2D eigenvalue weighted by Crippen LogP contribution is 2.12. The van der Waals surface area contributed by atoms with Crippen LogP contribution in [0.25, 0.3) is 0 Å². The smallest absolute Gasteiger partial charge is 0.123 e. The van der Waals surface area contributed by atoms with Crippen LogP contribution < -0.4 is 5.32 Å². The summed E-state index contributed by atoms with van der Waals surface area (Å²) in [5.41, 5.74) is 1.10. The Balaban J connectivity index is 2.00. The lowest BCUT2D eigenvalue weighted by molar-refractivity contribution is 0.593. The van der Waals surface area contributed by atoms with Crippen molar-refractivity contribution < 1.29 is 4.39 Å². The van der Waals surface area contributed by atoms with E-state index < -0.39 is 0 Å². The summed E-state index contributed by atoms with van der Waals surface area (Å²) in [6.07, 6.45) is 3.42. The van der Waals surface area contributed by atoms with Crippen LogP contribution in [0.4, 0.5) is 4.39 Å². The molecule has 0 aromatic heterocycles. The third kappa shape index (κ3) is 2.28. The predicted octanol–water partition coefficient (Wildman–Crippen LogP) is 2.12. The Bertz CT molecular complexity index is 279. The number of hydrogen-bond acceptors (Lipinski definition) is 1. The van der Waals surface area contributed by atoms with Gasteiger partial charge in [0.1, 0.15) is 5.82 Å². The molecule has 0 unspecified atom stereocenters. The second kappa shape index (κ2) is 3.88. The number of hydrogen-bond donors (Lipinski definition) is 1. The summed E-state index contributed by atoms with van der Waals surface area (Å²) in [5.74, 6) is -0.129. The third-order valence-electron chi connectivity index (χ3n) is 2.53. The summed E-state index contributed by atoms with van der Waals surface area (Å²) < 4.78 is 12.8. The molecule has 1 aliphatic rings. The Kier molecular flexibility index (Phi) is 2.60. The van der Waals surface area contributed by atoms with Crippen molar-refractivity contribution in [3.05, 3.63) is 35.6 Å². The summed E-state index contributed by atoms with van der Waals surface area (Å²) in [6, 6.07) is 7.44. The molecule has 13 heavy (non-hydrogen) atoms. The van der Waals surface area contributed by atoms with Gasteiger partial charge in [-0.15, -0.1) is 0 Å². The summed E-state index contributed by atoms with van der Waals surface area (Å²) in [4.78, 5) is 0. The minimum absolute atomic E-state index is 0.129. The first kappa shape index (κ1) is 8.70. The highest BCUT2D eigenvalue weighted by molar-refractivity contribution is 5.17. The van der Waals surface area contributed by atoms with Gasteiger partial charge in [-0.25, -0.2) is 4.39 Å². The van der Waals surface area contributed by atoms with Crippen molar-refractivity contribution in [3.63, 3.8) is 0 Å². The van der Waals surface area contributed by atoms with E-state index in [4.69, 9.17) is 0 Å². The Morgan fingerprint density at radius 1 is 1.46 bits per heavy atom. The van der Waals surface area contributed by atoms with Crippen LogP contribution in [-0.4, -0.2) is 12.6 Å². The molecule has 0 bridgehead atoms. The van der Waals surface area contributed by atoms with Gasteiger partial charge in [0.05, 0.1) is 0 Å². The molecule has 0 amide bonds. The SMILES string of the molecule is Fc1cccc(C[C@H]2CCCN2)c1. The Hall–Kier alpha value is -0.890. The van der Waals surface area contributed by atoms with Gasteiger partial charge in [-0.1, -0.05) is 12.1 Å². The highest BCUT2D eigenvalue weighted by atomic mass is 19.1. The lowest BCUT2D eigenvalue weighted by atomic mass is 10.0. The van der Waals surface area contributed by atoms with Gasteiger partial charge in [-0.05, 0) is 43.5 Å². The first-order valence-corrected chi connectivity index (χ1v) is 4.82. The van der Waals surface area contributed by atoms with Crippen molar-refractivity contribution in [2.45, 2.75) is 25.3 Å². The molecule has 0 spiro atoms. The van der Waals surface area contributed by atoms with Gasteiger partial charge in [-0.2, -0.15) is 0 Å². The highest BCUT2D eigenvalue weighted by Gasteiger charge is 2.14. The quantitative estimate of drug-likeness (QED) is 0.733. The summed E-state index contributed by atoms with van der Waals surface area (Å²) in [5, 5.41) is 3.40. The standard InChI is InChI=1S/C11H14FN/c12-10-4-1-3-9(7-10)8-11-5-2-6-13-11/h1,3-4,7,11,13H,2,5-6,8H2/t11-/m1/s1. The van der Waals surface area contributed by atoms with Crippen LogP contribution in [0, 0.1) is 5.82 Å². The minimum Gasteiger partial charge on any atom is -0.314 e. The molecule has 1 aromatic rings. The molecule has 0 saturated carbocycles. The van der Waals surface area contributed by atoms with Crippen LogP contribution in [-0.2, 0) is 6.42 Å². The van der Waals surface area contributed by atoms with Gasteiger partial charge >= 0.3 is 0 Å². The van der Waals surface area contributed by atoms with Gasteiger partial charge in [0.25, 0.3) is 0 Å². The van der Waals surface area contributed by atoms with E-state index in [1.165, 1.54) is 18.9 Å². The van der Waals surface area contributed by atoms with Crippen molar-refractivity contribution in [3.8, 4) is 0 Å². The molecule has 1 heterocycles. The second-order valence-corrected chi connectivity index (χ2v) is 3.63. The van der Waals surface area contributed by atoms with Gasteiger partial charge in [-0.3, -0.25) is 0 Å². The maximum atomic E-state index is 12.8. The molecular formula is C11H14FN. The Labute approximate surface area is 78.0 Å². The zero-order valence-electron chi connectivity index (χ0n) is 7.59. The van der Waals surface area contributed by atoms with E-state index in [0.717, 1.165) is 18.5 Å². The van der Waals surface area contributed by atoms with Crippen LogP contribution in [0.1, 0.15) is 18.4 Å². The summed E-state index contributed by atoms with van der Waals surface area (Å²) >= 11 is 0. The van der Waals surface area contributed by atoms with Crippen molar-refractivity contribution in [1.82, 2.24) is 5.32 Å². The van der Waals surface area contributed by atoms with Gasteiger partial charge in [0.2, 0.25) is 0 Å². The van der Waals surface area contributed by atoms with Crippen LogP contribution >= 0.6 is 0 Å². The fourth-order valence-corrected chi connectivity index (χ4v) is 1.88. The molecule has 1 nitrogen and oxygen atoms in total. The number of rotatable bonds is 2. The van der Waals surface area contributed by atoms with E-state index in [9.17, 15) is 4.39 Å². The minimum atomic E-state index is -0.129. The van der Waals surface area contributed by atoms with Crippen molar-refractivity contribution in [2.75, 3.05) is 6.54 Å². The zero-order valence-corrected chi connectivity index (χ0v) is 7.59. The fourth-order valence-electron chi connectivity index (χ4n) is 1.88. The maximum absolute atomic E-state index is 12.8. The second-order valence-electron chi connectivity index (χ2n) is 3.63. The van der Waals surface area contributed by atoms with E-state index in [2.05, 4.69) is 5.32 Å². The summed E-state index contributed by atoms with van der Waals surface area (Å²) in [6.45, 7) is 1.11. The van der Waals surface area contributed by atoms with E-state index >= 15 is 0 Å². The first-order valence-electron chi connectivity index (χ1n) is 4.82. The molecule has 1 saturated heterocycles. The van der Waals surface area contributed by atoms with Gasteiger partial charge in [0.15, 0.2) is 0 Å². The largest absolute Gasteiger partial charge is 0.314 e. The van der Waals surface area contributed by atoms with E-state index in [0.29, 0.717) is 6.04 Å². The van der Waals surface area contributed by atoms with Crippen LogP contribution in [0.5, 0.6) is 0 Å². The molecule has 1 aromatic carbocycles. The predicted molar refractivity (Wildman–Crippen MR) is 51.1 cm³/mol. The van der Waals surface area contributed by atoms with E-state index in [1.807, 2.05) is 6.07 Å². The lowest BCUT2D eigenvalue weighted by Crippen LogP contribution is -2.23. The molecule has 1 atom stereocenters. The number of benzene rings is 1. The van der Waals surface area contributed by atoms with Crippen LogP contribution in [0.3, 0.4) is 0 Å². The molecular weight excluding hydrogens is 165 g/mol. The van der Waals surface area contributed by atoms with E-state index in [1.54, 1.807) is 12.1 Å². The number of nitrogens with one attached hydrogen (secondary N) is 1. The number of halogens is 1. The zero-order chi connectivity index (χ0) is 9.10. The maximum Gasteiger partial charge on any atom is 0.123 e. The molecule has 1 fully saturated rings.